The first-order valence-electron chi connectivity index (χ1n) is 5.61. The Balaban J connectivity index is 3.07. The van der Waals surface area contributed by atoms with Crippen molar-refractivity contribution in [3.05, 3.63) is 15.8 Å². The van der Waals surface area contributed by atoms with Crippen LogP contribution in [0.3, 0.4) is 0 Å². The molecule has 0 saturated carbocycles. The van der Waals surface area contributed by atoms with Crippen molar-refractivity contribution in [1.29, 1.82) is 0 Å². The quantitative estimate of drug-likeness (QED) is 0.445. The SMILES string of the molecule is CNCCNc1c([N+](=O)[O-])c(C)nn1C(C)C. The molecule has 0 unspecified atom stereocenters. The van der Waals surface area contributed by atoms with Crippen molar-refractivity contribution >= 4 is 11.5 Å². The first kappa shape index (κ1) is 13.4. The third-order valence-electron chi connectivity index (χ3n) is 2.39. The average molecular weight is 241 g/mol. The monoisotopic (exact) mass is 241 g/mol. The third-order valence-corrected chi connectivity index (χ3v) is 2.39. The third kappa shape index (κ3) is 2.94. The maximum atomic E-state index is 11.0. The minimum absolute atomic E-state index is 0.0646. The van der Waals surface area contributed by atoms with Gasteiger partial charge in [-0.25, -0.2) is 4.68 Å². The van der Waals surface area contributed by atoms with Crippen LogP contribution in [0.2, 0.25) is 0 Å². The molecule has 0 bridgehead atoms. The number of hydrogen-bond donors (Lipinski definition) is 2. The van der Waals surface area contributed by atoms with Crippen molar-refractivity contribution in [3.63, 3.8) is 0 Å². The summed E-state index contributed by atoms with van der Waals surface area (Å²) in [6, 6.07) is 0.0829. The largest absolute Gasteiger partial charge is 0.363 e. The molecule has 1 rings (SSSR count). The van der Waals surface area contributed by atoms with E-state index in [9.17, 15) is 10.1 Å². The standard InChI is InChI=1S/C10H19N5O2/c1-7(2)14-10(12-6-5-11-4)9(15(16)17)8(3)13-14/h7,11-12H,5-6H2,1-4H3. The molecule has 17 heavy (non-hydrogen) atoms. The van der Waals surface area contributed by atoms with E-state index in [-0.39, 0.29) is 16.7 Å². The first-order valence-corrected chi connectivity index (χ1v) is 5.61. The first-order chi connectivity index (χ1) is 7.99. The lowest BCUT2D eigenvalue weighted by Gasteiger charge is -2.11. The van der Waals surface area contributed by atoms with Gasteiger partial charge in [0.1, 0.15) is 5.69 Å². The number of rotatable bonds is 6. The predicted molar refractivity (Wildman–Crippen MR) is 66.4 cm³/mol. The van der Waals surface area contributed by atoms with E-state index in [2.05, 4.69) is 15.7 Å². The fraction of sp³-hybridized carbons (Fsp3) is 0.700. The highest BCUT2D eigenvalue weighted by atomic mass is 16.6. The minimum Gasteiger partial charge on any atom is -0.363 e. The van der Waals surface area contributed by atoms with Crippen LogP contribution in [0.25, 0.3) is 0 Å². The smallest absolute Gasteiger partial charge is 0.333 e. The van der Waals surface area contributed by atoms with Gasteiger partial charge in [0.25, 0.3) is 0 Å². The van der Waals surface area contributed by atoms with Crippen LogP contribution < -0.4 is 10.6 Å². The molecule has 7 heteroatoms. The van der Waals surface area contributed by atoms with Crippen LogP contribution in [0.4, 0.5) is 11.5 Å². The lowest BCUT2D eigenvalue weighted by atomic mass is 10.3. The van der Waals surface area contributed by atoms with Gasteiger partial charge >= 0.3 is 5.69 Å². The Bertz CT molecular complexity index is 400. The summed E-state index contributed by atoms with van der Waals surface area (Å²) in [6.07, 6.45) is 0. The van der Waals surface area contributed by atoms with Crippen molar-refractivity contribution in [2.45, 2.75) is 26.8 Å². The van der Waals surface area contributed by atoms with Crippen LogP contribution >= 0.6 is 0 Å². The molecule has 0 amide bonds. The van der Waals surface area contributed by atoms with Crippen molar-refractivity contribution in [2.24, 2.45) is 0 Å². The zero-order valence-electron chi connectivity index (χ0n) is 10.6. The summed E-state index contributed by atoms with van der Waals surface area (Å²) in [5, 5.41) is 21.3. The van der Waals surface area contributed by atoms with Gasteiger partial charge in [-0.05, 0) is 27.8 Å². The highest BCUT2D eigenvalue weighted by Gasteiger charge is 2.25. The molecule has 96 valence electrons. The number of likely N-dealkylation sites (N-methyl/N-ethyl adjacent to an activating group) is 1. The number of hydrogen-bond acceptors (Lipinski definition) is 5. The highest BCUT2D eigenvalue weighted by Crippen LogP contribution is 2.30. The minimum atomic E-state index is -0.386. The summed E-state index contributed by atoms with van der Waals surface area (Å²) in [7, 11) is 1.83. The molecule has 7 nitrogen and oxygen atoms in total. The summed E-state index contributed by atoms with van der Waals surface area (Å²) in [4.78, 5) is 10.6. The molecule has 0 aliphatic rings. The molecule has 0 aliphatic heterocycles. The number of nitro groups is 1. The van der Waals surface area contributed by atoms with E-state index in [1.165, 1.54) is 0 Å². The molecular formula is C10H19N5O2. The van der Waals surface area contributed by atoms with E-state index in [0.717, 1.165) is 6.54 Å². The van der Waals surface area contributed by atoms with Crippen LogP contribution in [-0.2, 0) is 0 Å². The molecule has 0 radical (unpaired) electrons. The molecule has 0 atom stereocenters. The normalized spacial score (nSPS) is 10.9. The van der Waals surface area contributed by atoms with Gasteiger partial charge in [-0.1, -0.05) is 0 Å². The van der Waals surface area contributed by atoms with Gasteiger partial charge in [0.05, 0.1) is 4.92 Å². The van der Waals surface area contributed by atoms with Crippen LogP contribution in [0, 0.1) is 17.0 Å². The Morgan fingerprint density at radius 3 is 2.59 bits per heavy atom. The number of nitrogens with zero attached hydrogens (tertiary/aromatic N) is 3. The van der Waals surface area contributed by atoms with Gasteiger partial charge in [-0.2, -0.15) is 5.10 Å². The lowest BCUT2D eigenvalue weighted by Crippen LogP contribution is -2.20. The van der Waals surface area contributed by atoms with Gasteiger partial charge < -0.3 is 10.6 Å². The Morgan fingerprint density at radius 1 is 1.47 bits per heavy atom. The van der Waals surface area contributed by atoms with Gasteiger partial charge in [-0.3, -0.25) is 10.1 Å². The zero-order chi connectivity index (χ0) is 13.0. The number of anilines is 1. The van der Waals surface area contributed by atoms with E-state index in [1.807, 2.05) is 20.9 Å². The molecule has 1 heterocycles. The fourth-order valence-corrected chi connectivity index (χ4v) is 1.60. The molecule has 0 aliphatic carbocycles. The molecule has 1 aromatic rings. The van der Waals surface area contributed by atoms with Crippen molar-refractivity contribution in [2.75, 3.05) is 25.5 Å². The number of nitrogens with one attached hydrogen (secondary N) is 2. The Labute approximate surface area is 100 Å². The van der Waals surface area contributed by atoms with E-state index in [4.69, 9.17) is 0 Å². The summed E-state index contributed by atoms with van der Waals surface area (Å²) < 4.78 is 1.66. The number of aromatic nitrogens is 2. The molecule has 0 saturated heterocycles. The fourth-order valence-electron chi connectivity index (χ4n) is 1.60. The molecule has 1 aromatic heterocycles. The van der Waals surface area contributed by atoms with Crippen molar-refractivity contribution in [3.8, 4) is 0 Å². The second-order valence-electron chi connectivity index (χ2n) is 4.11. The maximum absolute atomic E-state index is 11.0. The summed E-state index contributed by atoms with van der Waals surface area (Å²) in [5.41, 5.74) is 0.505. The average Bonchev–Trinajstić information content (AvgIpc) is 2.56. The maximum Gasteiger partial charge on any atom is 0.333 e. The second-order valence-corrected chi connectivity index (χ2v) is 4.11. The van der Waals surface area contributed by atoms with Crippen LogP contribution in [0.1, 0.15) is 25.6 Å². The van der Waals surface area contributed by atoms with Crippen LogP contribution in [0.5, 0.6) is 0 Å². The summed E-state index contributed by atoms with van der Waals surface area (Å²) >= 11 is 0. The summed E-state index contributed by atoms with van der Waals surface area (Å²) in [5.74, 6) is 0.484. The molecule has 0 spiro atoms. The second kappa shape index (κ2) is 5.62. The van der Waals surface area contributed by atoms with E-state index in [0.29, 0.717) is 18.1 Å². The molecule has 0 fully saturated rings. The van der Waals surface area contributed by atoms with Crippen molar-refractivity contribution in [1.82, 2.24) is 15.1 Å². The van der Waals surface area contributed by atoms with Gasteiger partial charge in [0, 0.05) is 19.1 Å². The zero-order valence-corrected chi connectivity index (χ0v) is 10.6. The molecule has 2 N–H and O–H groups in total. The molecule has 0 aromatic carbocycles. The Hall–Kier alpha value is -1.63. The van der Waals surface area contributed by atoms with E-state index < -0.39 is 0 Å². The Morgan fingerprint density at radius 2 is 2.12 bits per heavy atom. The van der Waals surface area contributed by atoms with E-state index in [1.54, 1.807) is 11.6 Å². The molecular weight excluding hydrogens is 222 g/mol. The van der Waals surface area contributed by atoms with Gasteiger partial charge in [-0.15, -0.1) is 0 Å². The van der Waals surface area contributed by atoms with Crippen molar-refractivity contribution < 1.29 is 4.92 Å². The van der Waals surface area contributed by atoms with Gasteiger partial charge in [0.15, 0.2) is 0 Å². The topological polar surface area (TPSA) is 85.0 Å². The predicted octanol–water partition coefficient (Wildman–Crippen LogP) is 1.31. The summed E-state index contributed by atoms with van der Waals surface area (Å²) in [6.45, 7) is 6.90. The highest BCUT2D eigenvalue weighted by molar-refractivity contribution is 5.59. The van der Waals surface area contributed by atoms with E-state index >= 15 is 0 Å². The Kier molecular flexibility index (Phi) is 4.45. The van der Waals surface area contributed by atoms with Crippen LogP contribution in [0.15, 0.2) is 0 Å². The van der Waals surface area contributed by atoms with Gasteiger partial charge in [0.2, 0.25) is 5.82 Å². The number of aryl methyl sites for hydroxylation is 1. The van der Waals surface area contributed by atoms with Crippen LogP contribution in [-0.4, -0.2) is 34.8 Å². The lowest BCUT2D eigenvalue weighted by molar-refractivity contribution is -0.384.